The smallest absolute Gasteiger partial charge is 0.416 e. The van der Waals surface area contributed by atoms with Gasteiger partial charge >= 0.3 is 6.18 Å². The van der Waals surface area contributed by atoms with Gasteiger partial charge in [0, 0.05) is 6.54 Å². The molecular weight excluding hydrogens is 255 g/mol. The van der Waals surface area contributed by atoms with Gasteiger partial charge in [0.2, 0.25) is 0 Å². The van der Waals surface area contributed by atoms with Crippen molar-refractivity contribution in [3.05, 3.63) is 29.3 Å². The minimum absolute atomic E-state index is 0.458. The van der Waals surface area contributed by atoms with Crippen molar-refractivity contribution in [3.63, 3.8) is 0 Å². The van der Waals surface area contributed by atoms with Crippen molar-refractivity contribution in [1.29, 1.82) is 0 Å². The van der Waals surface area contributed by atoms with Gasteiger partial charge in [-0.15, -0.1) is 0 Å². The number of halogens is 3. The Hall–Kier alpha value is -1.23. The summed E-state index contributed by atoms with van der Waals surface area (Å²) >= 11 is 0. The molecule has 0 spiro atoms. The maximum absolute atomic E-state index is 12.4. The van der Waals surface area contributed by atoms with Crippen molar-refractivity contribution in [1.82, 2.24) is 4.90 Å². The molecule has 0 aromatic heterocycles. The lowest BCUT2D eigenvalue weighted by atomic mass is 10.1. The highest BCUT2D eigenvalue weighted by molar-refractivity contribution is 5.37. The topological polar surface area (TPSA) is 12.5 Å². The molecule has 0 radical (unpaired) electrons. The normalized spacial score (nSPS) is 11.0. The highest BCUT2D eigenvalue weighted by Crippen LogP contribution is 2.32. The van der Waals surface area contributed by atoms with Crippen LogP contribution in [0.1, 0.15) is 25.0 Å². The zero-order valence-corrected chi connectivity index (χ0v) is 12.1. The first-order valence-corrected chi connectivity index (χ1v) is 6.26. The van der Waals surface area contributed by atoms with Crippen LogP contribution >= 0.6 is 0 Å². The van der Waals surface area contributed by atoms with Crippen molar-refractivity contribution in [2.75, 3.05) is 27.2 Å². The minimum atomic E-state index is -4.30. The van der Waals surface area contributed by atoms with E-state index >= 15 is 0 Å². The number of ether oxygens (including phenoxy) is 1. The van der Waals surface area contributed by atoms with E-state index in [0.29, 0.717) is 17.9 Å². The first kappa shape index (κ1) is 17.8. The van der Waals surface area contributed by atoms with Crippen molar-refractivity contribution < 1.29 is 17.9 Å². The Morgan fingerprint density at radius 3 is 2.16 bits per heavy atom. The fraction of sp³-hybridized carbons (Fsp3) is 0.571. The summed E-state index contributed by atoms with van der Waals surface area (Å²) in [5, 5.41) is 0. The molecule has 1 aromatic rings. The summed E-state index contributed by atoms with van der Waals surface area (Å²) in [6.07, 6.45) is -4.30. The van der Waals surface area contributed by atoms with E-state index < -0.39 is 11.7 Å². The number of rotatable bonds is 4. The van der Waals surface area contributed by atoms with Gasteiger partial charge in [0.1, 0.15) is 12.4 Å². The van der Waals surface area contributed by atoms with E-state index in [1.807, 2.05) is 32.8 Å². The van der Waals surface area contributed by atoms with Crippen LogP contribution in [0.4, 0.5) is 13.2 Å². The average molecular weight is 277 g/mol. The quantitative estimate of drug-likeness (QED) is 0.825. The van der Waals surface area contributed by atoms with Crippen LogP contribution in [0, 0.1) is 6.92 Å². The second-order valence-corrected chi connectivity index (χ2v) is 4.13. The maximum Gasteiger partial charge on any atom is 0.416 e. The molecule has 110 valence electrons. The molecule has 0 atom stereocenters. The third-order valence-electron chi connectivity index (χ3n) is 2.30. The molecule has 0 aliphatic rings. The Morgan fingerprint density at radius 2 is 1.74 bits per heavy atom. The minimum Gasteiger partial charge on any atom is -0.492 e. The number of alkyl halides is 3. The molecule has 0 N–H and O–H groups in total. The highest BCUT2D eigenvalue weighted by atomic mass is 19.4. The summed E-state index contributed by atoms with van der Waals surface area (Å²) in [6.45, 7) is 6.79. The maximum atomic E-state index is 12.4. The molecule has 5 heteroatoms. The van der Waals surface area contributed by atoms with E-state index in [1.54, 1.807) is 6.92 Å². The molecule has 1 rings (SSSR count). The van der Waals surface area contributed by atoms with E-state index in [0.717, 1.165) is 18.7 Å². The van der Waals surface area contributed by atoms with Gasteiger partial charge in [0.15, 0.2) is 0 Å². The van der Waals surface area contributed by atoms with Crippen molar-refractivity contribution >= 4 is 0 Å². The van der Waals surface area contributed by atoms with E-state index in [-0.39, 0.29) is 0 Å². The van der Waals surface area contributed by atoms with Crippen LogP contribution in [-0.4, -0.2) is 32.1 Å². The van der Waals surface area contributed by atoms with Crippen LogP contribution in [0.5, 0.6) is 5.75 Å². The Morgan fingerprint density at radius 1 is 1.16 bits per heavy atom. The van der Waals surface area contributed by atoms with Crippen LogP contribution in [-0.2, 0) is 6.18 Å². The number of aryl methyl sites for hydroxylation is 1. The first-order valence-electron chi connectivity index (χ1n) is 6.26. The van der Waals surface area contributed by atoms with E-state index in [2.05, 4.69) is 0 Å². The Bertz CT molecular complexity index is 375. The van der Waals surface area contributed by atoms with Gasteiger partial charge in [-0.3, -0.25) is 0 Å². The van der Waals surface area contributed by atoms with Gasteiger partial charge in [-0.25, -0.2) is 0 Å². The molecule has 0 fully saturated rings. The zero-order valence-electron chi connectivity index (χ0n) is 12.1. The Labute approximate surface area is 113 Å². The van der Waals surface area contributed by atoms with Crippen molar-refractivity contribution in [2.24, 2.45) is 0 Å². The number of hydrogen-bond acceptors (Lipinski definition) is 2. The summed E-state index contributed by atoms with van der Waals surface area (Å²) in [7, 11) is 3.81. The highest BCUT2D eigenvalue weighted by Gasteiger charge is 2.30. The number of hydrogen-bond donors (Lipinski definition) is 0. The molecule has 0 aliphatic carbocycles. The molecule has 0 amide bonds. The van der Waals surface area contributed by atoms with Gasteiger partial charge in [0.05, 0.1) is 5.56 Å². The fourth-order valence-corrected chi connectivity index (χ4v) is 1.33. The van der Waals surface area contributed by atoms with Crippen molar-refractivity contribution in [3.8, 4) is 5.75 Å². The number of nitrogens with zero attached hydrogens (tertiary/aromatic N) is 1. The standard InChI is InChI=1S/C12H16F3NO.C2H6/c1-9-8-10(12(13,14)15)4-5-11(9)17-7-6-16(2)3;1-2/h4-5,8H,6-7H2,1-3H3;1-2H3. The SMILES string of the molecule is CC.Cc1cc(C(F)(F)F)ccc1OCCN(C)C. The Kier molecular flexibility index (Phi) is 7.52. The van der Waals surface area contributed by atoms with Gasteiger partial charge in [-0.1, -0.05) is 13.8 Å². The predicted molar refractivity (Wildman–Crippen MR) is 71.6 cm³/mol. The monoisotopic (exact) mass is 277 g/mol. The summed E-state index contributed by atoms with van der Waals surface area (Å²) < 4.78 is 42.6. The lowest BCUT2D eigenvalue weighted by molar-refractivity contribution is -0.137. The molecular formula is C14H22F3NO. The van der Waals surface area contributed by atoms with Crippen LogP contribution in [0.3, 0.4) is 0 Å². The van der Waals surface area contributed by atoms with Gasteiger partial charge in [0.25, 0.3) is 0 Å². The molecule has 0 bridgehead atoms. The molecule has 0 aliphatic heterocycles. The number of benzene rings is 1. The molecule has 2 nitrogen and oxygen atoms in total. The predicted octanol–water partition coefficient (Wildman–Crippen LogP) is 3.98. The Balaban J connectivity index is 0.00000154. The van der Waals surface area contributed by atoms with E-state index in [4.69, 9.17) is 4.74 Å². The van der Waals surface area contributed by atoms with Crippen LogP contribution in [0.25, 0.3) is 0 Å². The lowest BCUT2D eigenvalue weighted by Crippen LogP contribution is -2.19. The van der Waals surface area contributed by atoms with Crippen molar-refractivity contribution in [2.45, 2.75) is 26.9 Å². The third kappa shape index (κ3) is 6.47. The number of likely N-dealkylation sites (N-methyl/N-ethyl adjacent to an activating group) is 1. The van der Waals surface area contributed by atoms with Gasteiger partial charge < -0.3 is 9.64 Å². The van der Waals surface area contributed by atoms with Crippen LogP contribution < -0.4 is 4.74 Å². The van der Waals surface area contributed by atoms with Gasteiger partial charge in [-0.05, 0) is 44.8 Å². The third-order valence-corrected chi connectivity index (χ3v) is 2.30. The fourth-order valence-electron chi connectivity index (χ4n) is 1.33. The first-order chi connectivity index (χ1) is 8.80. The second kappa shape index (κ2) is 8.04. The summed E-state index contributed by atoms with van der Waals surface area (Å²) in [6, 6.07) is 3.51. The molecule has 19 heavy (non-hydrogen) atoms. The molecule has 0 unspecified atom stereocenters. The van der Waals surface area contributed by atoms with E-state index in [1.165, 1.54) is 6.07 Å². The average Bonchev–Trinajstić information content (AvgIpc) is 2.32. The van der Waals surface area contributed by atoms with Crippen LogP contribution in [0.2, 0.25) is 0 Å². The van der Waals surface area contributed by atoms with E-state index in [9.17, 15) is 13.2 Å². The zero-order chi connectivity index (χ0) is 15.1. The molecule has 0 saturated heterocycles. The lowest BCUT2D eigenvalue weighted by Gasteiger charge is -2.14. The molecule has 0 saturated carbocycles. The molecule has 0 heterocycles. The van der Waals surface area contributed by atoms with Gasteiger partial charge in [-0.2, -0.15) is 13.2 Å². The summed E-state index contributed by atoms with van der Waals surface area (Å²) in [4.78, 5) is 1.94. The molecule has 1 aromatic carbocycles. The summed E-state index contributed by atoms with van der Waals surface area (Å²) in [5.41, 5.74) is -0.145. The second-order valence-electron chi connectivity index (χ2n) is 4.13. The van der Waals surface area contributed by atoms with Crippen LogP contribution in [0.15, 0.2) is 18.2 Å². The largest absolute Gasteiger partial charge is 0.492 e. The summed E-state index contributed by atoms with van der Waals surface area (Å²) in [5.74, 6) is 0.500.